The second kappa shape index (κ2) is 4.71. The molecule has 3 nitrogen and oxygen atoms in total. The van der Waals surface area contributed by atoms with E-state index in [1.54, 1.807) is 7.11 Å². The maximum atomic E-state index is 10.1. The molecule has 1 aliphatic carbocycles. The second-order valence-corrected chi connectivity index (χ2v) is 6.44. The molecule has 1 aliphatic rings. The molecular formula is C16H25NO2. The summed E-state index contributed by atoms with van der Waals surface area (Å²) in [5, 5.41) is 10.1. The molecule has 1 aromatic carbocycles. The van der Waals surface area contributed by atoms with Crippen molar-refractivity contribution in [2.45, 2.75) is 45.4 Å². The van der Waals surface area contributed by atoms with E-state index in [2.05, 4.69) is 20.8 Å². The van der Waals surface area contributed by atoms with Gasteiger partial charge in [0.05, 0.1) is 7.11 Å². The third kappa shape index (κ3) is 2.10. The van der Waals surface area contributed by atoms with Gasteiger partial charge in [-0.05, 0) is 59.9 Å². The summed E-state index contributed by atoms with van der Waals surface area (Å²) in [5.41, 5.74) is 8.52. The Morgan fingerprint density at radius 1 is 1.32 bits per heavy atom. The van der Waals surface area contributed by atoms with Gasteiger partial charge in [0.1, 0.15) is 0 Å². The summed E-state index contributed by atoms with van der Waals surface area (Å²) >= 11 is 0. The topological polar surface area (TPSA) is 55.5 Å². The Kier molecular flexibility index (Phi) is 3.52. The monoisotopic (exact) mass is 263 g/mol. The van der Waals surface area contributed by atoms with Crippen LogP contribution in [0.1, 0.15) is 44.7 Å². The quantitative estimate of drug-likeness (QED) is 0.881. The van der Waals surface area contributed by atoms with E-state index >= 15 is 0 Å². The molecule has 0 amide bonds. The maximum Gasteiger partial charge on any atom is 0.160 e. The first-order valence-corrected chi connectivity index (χ1v) is 6.96. The normalized spacial score (nSPS) is 24.9. The molecule has 0 saturated heterocycles. The van der Waals surface area contributed by atoms with Crippen molar-refractivity contribution in [1.29, 1.82) is 0 Å². The van der Waals surface area contributed by atoms with Crippen LogP contribution in [0.5, 0.6) is 11.5 Å². The van der Waals surface area contributed by atoms with Gasteiger partial charge in [0.2, 0.25) is 0 Å². The zero-order valence-electron chi connectivity index (χ0n) is 12.4. The highest BCUT2D eigenvalue weighted by Gasteiger charge is 2.45. The number of benzene rings is 1. The summed E-state index contributed by atoms with van der Waals surface area (Å²) in [6, 6.07) is 3.86. The average Bonchev–Trinajstić information content (AvgIpc) is 2.35. The van der Waals surface area contributed by atoms with E-state index in [1.165, 1.54) is 11.1 Å². The van der Waals surface area contributed by atoms with Crippen LogP contribution < -0.4 is 10.5 Å². The molecule has 0 radical (unpaired) electrons. The van der Waals surface area contributed by atoms with Gasteiger partial charge in [0, 0.05) is 0 Å². The highest BCUT2D eigenvalue weighted by molar-refractivity contribution is 5.51. The van der Waals surface area contributed by atoms with Gasteiger partial charge in [-0.15, -0.1) is 0 Å². The molecule has 106 valence electrons. The van der Waals surface area contributed by atoms with Crippen molar-refractivity contribution in [3.8, 4) is 11.5 Å². The van der Waals surface area contributed by atoms with Gasteiger partial charge < -0.3 is 15.6 Å². The molecule has 1 aromatic rings. The number of phenols is 1. The third-order valence-corrected chi connectivity index (χ3v) is 5.16. The number of fused-ring (bicyclic) bond motifs is 1. The third-order valence-electron chi connectivity index (χ3n) is 5.16. The Balaban J connectivity index is 2.60. The minimum Gasteiger partial charge on any atom is -0.504 e. The van der Waals surface area contributed by atoms with E-state index < -0.39 is 0 Å². The molecule has 2 rings (SSSR count). The van der Waals surface area contributed by atoms with E-state index in [0.717, 1.165) is 19.3 Å². The van der Waals surface area contributed by atoms with Crippen molar-refractivity contribution in [3.05, 3.63) is 23.3 Å². The number of methoxy groups -OCH3 is 1. The fourth-order valence-corrected chi connectivity index (χ4v) is 3.34. The largest absolute Gasteiger partial charge is 0.504 e. The molecule has 0 aliphatic heterocycles. The van der Waals surface area contributed by atoms with Gasteiger partial charge in [-0.1, -0.05) is 20.8 Å². The summed E-state index contributed by atoms with van der Waals surface area (Å²) in [4.78, 5) is 0. The van der Waals surface area contributed by atoms with E-state index in [-0.39, 0.29) is 16.6 Å². The standard InChI is InChI=1S/C16H25NO2/c1-15(2)6-5-11-9-14(19-4)13(18)10-12(11)16(15,3)7-8-17/h9-10,18H,5-8,17H2,1-4H3. The molecule has 0 bridgehead atoms. The summed E-state index contributed by atoms with van der Waals surface area (Å²) in [5.74, 6) is 0.788. The number of hydrogen-bond donors (Lipinski definition) is 2. The number of nitrogens with two attached hydrogens (primary N) is 1. The smallest absolute Gasteiger partial charge is 0.160 e. The zero-order valence-corrected chi connectivity index (χ0v) is 12.4. The number of ether oxygens (including phenoxy) is 1. The van der Waals surface area contributed by atoms with Crippen molar-refractivity contribution in [1.82, 2.24) is 0 Å². The van der Waals surface area contributed by atoms with Gasteiger partial charge in [-0.25, -0.2) is 0 Å². The zero-order chi connectivity index (χ0) is 14.3. The Hall–Kier alpha value is -1.22. The SMILES string of the molecule is COc1cc2c(cc1O)C(C)(CCN)C(C)(C)CC2. The van der Waals surface area contributed by atoms with Crippen molar-refractivity contribution in [3.63, 3.8) is 0 Å². The van der Waals surface area contributed by atoms with Crippen LogP contribution in [-0.2, 0) is 11.8 Å². The molecular weight excluding hydrogens is 238 g/mol. The van der Waals surface area contributed by atoms with Crippen LogP contribution in [0.4, 0.5) is 0 Å². The van der Waals surface area contributed by atoms with Crippen LogP contribution in [0.3, 0.4) is 0 Å². The molecule has 0 spiro atoms. The molecule has 1 atom stereocenters. The van der Waals surface area contributed by atoms with Crippen molar-refractivity contribution < 1.29 is 9.84 Å². The van der Waals surface area contributed by atoms with E-state index in [4.69, 9.17) is 10.5 Å². The second-order valence-electron chi connectivity index (χ2n) is 6.44. The molecule has 0 aromatic heterocycles. The highest BCUT2D eigenvalue weighted by Crippen LogP contribution is 2.53. The average molecular weight is 263 g/mol. The lowest BCUT2D eigenvalue weighted by Gasteiger charge is -2.49. The van der Waals surface area contributed by atoms with Crippen molar-refractivity contribution in [2.75, 3.05) is 13.7 Å². The van der Waals surface area contributed by atoms with Gasteiger partial charge in [-0.3, -0.25) is 0 Å². The Morgan fingerprint density at radius 3 is 2.58 bits per heavy atom. The number of rotatable bonds is 3. The lowest BCUT2D eigenvalue weighted by molar-refractivity contribution is 0.138. The number of aromatic hydroxyl groups is 1. The fraction of sp³-hybridized carbons (Fsp3) is 0.625. The van der Waals surface area contributed by atoms with Gasteiger partial charge in [0.15, 0.2) is 11.5 Å². The molecule has 3 N–H and O–H groups in total. The summed E-state index contributed by atoms with van der Waals surface area (Å²) in [6.45, 7) is 7.52. The Bertz CT molecular complexity index is 482. The first-order valence-electron chi connectivity index (χ1n) is 6.96. The lowest BCUT2D eigenvalue weighted by Crippen LogP contribution is -2.44. The predicted molar refractivity (Wildman–Crippen MR) is 77.8 cm³/mol. The molecule has 1 unspecified atom stereocenters. The van der Waals surface area contributed by atoms with Crippen LogP contribution in [0.25, 0.3) is 0 Å². The van der Waals surface area contributed by atoms with Crippen LogP contribution >= 0.6 is 0 Å². The minimum atomic E-state index is -0.000908. The lowest BCUT2D eigenvalue weighted by atomic mass is 9.55. The Labute approximate surface area is 115 Å². The Morgan fingerprint density at radius 2 is 2.00 bits per heavy atom. The van der Waals surface area contributed by atoms with Crippen LogP contribution in [0.2, 0.25) is 0 Å². The van der Waals surface area contributed by atoms with E-state index in [9.17, 15) is 5.11 Å². The number of aryl methyl sites for hydroxylation is 1. The van der Waals surface area contributed by atoms with Gasteiger partial charge >= 0.3 is 0 Å². The van der Waals surface area contributed by atoms with Gasteiger partial charge in [0.25, 0.3) is 0 Å². The number of phenolic OH excluding ortho intramolecular Hbond substituents is 1. The molecule has 0 fully saturated rings. The van der Waals surface area contributed by atoms with Crippen molar-refractivity contribution in [2.24, 2.45) is 11.1 Å². The molecule has 3 heteroatoms. The maximum absolute atomic E-state index is 10.1. The molecule has 0 heterocycles. The first kappa shape index (κ1) is 14.2. The van der Waals surface area contributed by atoms with Gasteiger partial charge in [-0.2, -0.15) is 0 Å². The number of hydrogen-bond acceptors (Lipinski definition) is 3. The van der Waals surface area contributed by atoms with Crippen LogP contribution in [0.15, 0.2) is 12.1 Å². The molecule has 0 saturated carbocycles. The van der Waals surface area contributed by atoms with E-state index in [1.807, 2.05) is 12.1 Å². The van der Waals surface area contributed by atoms with Crippen LogP contribution in [0, 0.1) is 5.41 Å². The highest BCUT2D eigenvalue weighted by atomic mass is 16.5. The first-order chi connectivity index (χ1) is 8.85. The summed E-state index contributed by atoms with van der Waals surface area (Å²) in [6.07, 6.45) is 3.09. The predicted octanol–water partition coefficient (Wildman–Crippen LogP) is 2.98. The minimum absolute atomic E-state index is 0.000908. The van der Waals surface area contributed by atoms with E-state index in [0.29, 0.717) is 12.3 Å². The van der Waals surface area contributed by atoms with Crippen LogP contribution in [-0.4, -0.2) is 18.8 Å². The fourth-order valence-electron chi connectivity index (χ4n) is 3.34. The van der Waals surface area contributed by atoms with Crippen molar-refractivity contribution >= 4 is 0 Å². The summed E-state index contributed by atoms with van der Waals surface area (Å²) in [7, 11) is 1.59. The molecule has 19 heavy (non-hydrogen) atoms. The summed E-state index contributed by atoms with van der Waals surface area (Å²) < 4.78 is 5.22.